The maximum atomic E-state index is 5.49. The zero-order chi connectivity index (χ0) is 13.0. The average Bonchev–Trinajstić information content (AvgIpc) is 2.37. The zero-order valence-corrected chi connectivity index (χ0v) is 15.2. The zero-order valence-electron chi connectivity index (χ0n) is 12.1. The van der Waals surface area contributed by atoms with Crippen molar-refractivity contribution in [2.45, 2.75) is 43.9 Å². The molecule has 0 aromatic heterocycles. The summed E-state index contributed by atoms with van der Waals surface area (Å²) in [4.78, 5) is 0. The molecular formula is C17H21KO. The van der Waals surface area contributed by atoms with Gasteiger partial charge in [-0.15, -0.1) is 0 Å². The van der Waals surface area contributed by atoms with E-state index in [4.69, 9.17) is 4.74 Å². The van der Waals surface area contributed by atoms with Gasteiger partial charge in [0.1, 0.15) is 0 Å². The van der Waals surface area contributed by atoms with Crippen molar-refractivity contribution in [3.8, 4) is 5.75 Å². The number of ether oxygens (including phenoxy) is 1. The molecule has 2 heteroatoms. The molecule has 0 atom stereocenters. The minimum atomic E-state index is 0.540. The van der Waals surface area contributed by atoms with Crippen LogP contribution in [0.1, 0.15) is 44.1 Å². The summed E-state index contributed by atoms with van der Waals surface area (Å²) in [6.45, 7) is 0. The third-order valence-electron chi connectivity index (χ3n) is 6.05. The molecule has 4 aliphatic carbocycles. The molecular weight excluding hydrogens is 259 g/mol. The number of rotatable bonds is 2. The van der Waals surface area contributed by atoms with Gasteiger partial charge >= 0.3 is 152 Å². The second-order valence-electron chi connectivity index (χ2n) is 7.38. The number of hydrogen-bond acceptors (Lipinski definition) is 1. The molecule has 0 radical (unpaired) electrons. The van der Waals surface area contributed by atoms with Gasteiger partial charge in [0, 0.05) is 0 Å². The van der Waals surface area contributed by atoms with Crippen molar-refractivity contribution in [1.29, 1.82) is 0 Å². The fourth-order valence-electron chi connectivity index (χ4n) is 5.74. The summed E-state index contributed by atoms with van der Waals surface area (Å²) in [6, 6.07) is 6.88. The van der Waals surface area contributed by atoms with Gasteiger partial charge in [0.15, 0.2) is 0 Å². The van der Waals surface area contributed by atoms with E-state index in [1.807, 2.05) is 0 Å². The molecule has 0 saturated heterocycles. The van der Waals surface area contributed by atoms with Gasteiger partial charge in [0.25, 0.3) is 0 Å². The minimum absolute atomic E-state index is 0.540. The van der Waals surface area contributed by atoms with Crippen LogP contribution in [-0.2, 0) is 5.41 Å². The molecule has 0 spiro atoms. The quantitative estimate of drug-likeness (QED) is 0.757. The predicted octanol–water partition coefficient (Wildman–Crippen LogP) is 2.96. The van der Waals surface area contributed by atoms with Crippen LogP contribution in [0.2, 0.25) is 0 Å². The Bertz CT molecular complexity index is 473. The van der Waals surface area contributed by atoms with Gasteiger partial charge in [-0.05, 0) is 0 Å². The molecule has 0 heterocycles. The molecule has 0 amide bonds. The van der Waals surface area contributed by atoms with E-state index in [9.17, 15) is 0 Å². The van der Waals surface area contributed by atoms with Crippen LogP contribution in [0.4, 0.5) is 0 Å². The van der Waals surface area contributed by atoms with Crippen molar-refractivity contribution < 1.29 is 4.74 Å². The van der Waals surface area contributed by atoms with Crippen molar-refractivity contribution >= 4 is 48.6 Å². The number of benzene rings is 1. The van der Waals surface area contributed by atoms with E-state index in [1.165, 1.54) is 38.5 Å². The first-order valence-corrected chi connectivity index (χ1v) is 9.40. The Morgan fingerprint density at radius 2 is 1.63 bits per heavy atom. The summed E-state index contributed by atoms with van der Waals surface area (Å²) in [5.74, 6) is 4.16. The van der Waals surface area contributed by atoms with Crippen molar-refractivity contribution in [1.82, 2.24) is 0 Å². The first-order valence-electron chi connectivity index (χ1n) is 7.84. The summed E-state index contributed by atoms with van der Waals surface area (Å²) in [6.07, 6.45) is 9.00. The van der Waals surface area contributed by atoms with Crippen LogP contribution in [0.5, 0.6) is 5.75 Å². The van der Waals surface area contributed by atoms with Gasteiger partial charge in [-0.25, -0.2) is 0 Å². The summed E-state index contributed by atoms with van der Waals surface area (Å²) in [5.41, 5.74) is 2.23. The molecule has 4 bridgehead atoms. The SMILES string of the molecule is COc1cc[c]([K])c(C23CC4CC(CC(C4)C2)C3)c1. The van der Waals surface area contributed by atoms with E-state index in [0.29, 0.717) is 5.41 Å². The Morgan fingerprint density at radius 1 is 1.05 bits per heavy atom. The van der Waals surface area contributed by atoms with E-state index in [2.05, 4.69) is 18.2 Å². The van der Waals surface area contributed by atoms with Gasteiger partial charge in [-0.3, -0.25) is 0 Å². The van der Waals surface area contributed by atoms with Gasteiger partial charge in [-0.1, -0.05) is 0 Å². The third-order valence-corrected chi connectivity index (χ3v) is 7.42. The summed E-state index contributed by atoms with van der Waals surface area (Å²) < 4.78 is 7.16. The van der Waals surface area contributed by atoms with Crippen LogP contribution in [0, 0.1) is 17.8 Å². The van der Waals surface area contributed by atoms with E-state index in [0.717, 1.165) is 72.5 Å². The molecule has 1 nitrogen and oxygen atoms in total. The standard InChI is InChI=1S/C17H21O.K/c1-18-16-4-2-3-15(8-16)17-9-12-5-13(10-17)7-14(6-12)11-17;/h2,4,8,12-14H,5-7,9-11H2,1H3;. The topological polar surface area (TPSA) is 9.23 Å². The molecule has 96 valence electrons. The molecule has 0 N–H and O–H groups in total. The van der Waals surface area contributed by atoms with Crippen LogP contribution < -0.4 is 4.39 Å². The Morgan fingerprint density at radius 3 is 2.16 bits per heavy atom. The van der Waals surface area contributed by atoms with E-state index in [1.54, 1.807) is 12.3 Å². The monoisotopic (exact) mass is 280 g/mol. The molecule has 19 heavy (non-hydrogen) atoms. The summed E-state index contributed by atoms with van der Waals surface area (Å²) in [5, 5.41) is 0. The van der Waals surface area contributed by atoms with Crippen LogP contribution in [0.3, 0.4) is 0 Å². The van der Waals surface area contributed by atoms with Crippen LogP contribution in [0.25, 0.3) is 0 Å². The first-order chi connectivity index (χ1) is 9.18. The fraction of sp³-hybridized carbons (Fsp3) is 0.647. The van der Waals surface area contributed by atoms with Crippen molar-refractivity contribution in [3.05, 3.63) is 23.8 Å². The Labute approximate surface area is 150 Å². The Kier molecular flexibility index (Phi) is 3.40. The van der Waals surface area contributed by atoms with Gasteiger partial charge in [-0.2, -0.15) is 0 Å². The van der Waals surface area contributed by atoms with Crippen LogP contribution >= 0.6 is 0 Å². The van der Waals surface area contributed by atoms with Gasteiger partial charge < -0.3 is 0 Å². The normalized spacial score (nSPS) is 39.6. The summed E-state index contributed by atoms with van der Waals surface area (Å²) in [7, 11) is 1.80. The molecule has 1 aromatic rings. The van der Waals surface area contributed by atoms with Crippen molar-refractivity contribution in [3.63, 3.8) is 0 Å². The average molecular weight is 280 g/mol. The molecule has 4 fully saturated rings. The first kappa shape index (κ1) is 13.3. The van der Waals surface area contributed by atoms with Gasteiger partial charge in [0.05, 0.1) is 0 Å². The Balaban J connectivity index is 1.79. The Hall–Kier alpha value is 0.656. The van der Waals surface area contributed by atoms with Crippen LogP contribution in [-0.4, -0.2) is 56.1 Å². The van der Waals surface area contributed by atoms with E-state index < -0.39 is 0 Å². The van der Waals surface area contributed by atoms with Gasteiger partial charge in [0.2, 0.25) is 0 Å². The second kappa shape index (κ2) is 4.84. The second-order valence-corrected chi connectivity index (χ2v) is 9.06. The molecule has 4 saturated carbocycles. The maximum absolute atomic E-state index is 5.49. The summed E-state index contributed by atoms with van der Waals surface area (Å²) >= 11 is 0.776. The molecule has 5 rings (SSSR count). The van der Waals surface area contributed by atoms with E-state index in [-0.39, 0.29) is 0 Å². The fourth-order valence-corrected chi connectivity index (χ4v) is 7.05. The van der Waals surface area contributed by atoms with Crippen LogP contribution in [0.15, 0.2) is 18.2 Å². The van der Waals surface area contributed by atoms with E-state index >= 15 is 0 Å². The number of methoxy groups -OCH3 is 1. The number of hydrogen-bond donors (Lipinski definition) is 0. The molecule has 0 unspecified atom stereocenters. The van der Waals surface area contributed by atoms with Crippen molar-refractivity contribution in [2.75, 3.05) is 7.11 Å². The van der Waals surface area contributed by atoms with Crippen molar-refractivity contribution in [2.24, 2.45) is 17.8 Å². The molecule has 1 aromatic carbocycles. The molecule has 4 aliphatic rings. The predicted molar refractivity (Wildman–Crippen MR) is 78.2 cm³/mol. The molecule has 0 aliphatic heterocycles. The third kappa shape index (κ3) is 2.19.